The standard InChI is InChI=1S/C20H27NO7/c1-5-27-19(23)14-6-8-21(9-7-14)18(22)12-28-20(24)15-10-16(25-3)13(2)17(11-15)26-4/h10-11,14H,5-9,12H2,1-4H3. The molecule has 0 spiro atoms. The van der Waals surface area contributed by atoms with Gasteiger partial charge in [0.25, 0.3) is 5.91 Å². The first kappa shape index (κ1) is 21.5. The smallest absolute Gasteiger partial charge is 0.338 e. The Labute approximate surface area is 164 Å². The Morgan fingerprint density at radius 1 is 1.04 bits per heavy atom. The number of likely N-dealkylation sites (tertiary alicyclic amines) is 1. The molecule has 154 valence electrons. The van der Waals surface area contributed by atoms with Crippen LogP contribution in [0.4, 0.5) is 0 Å². The van der Waals surface area contributed by atoms with Crippen LogP contribution in [-0.4, -0.2) is 63.3 Å². The molecule has 1 aliphatic heterocycles. The van der Waals surface area contributed by atoms with Gasteiger partial charge in [0.1, 0.15) is 11.5 Å². The number of amides is 1. The van der Waals surface area contributed by atoms with E-state index in [0.29, 0.717) is 44.0 Å². The van der Waals surface area contributed by atoms with Crippen LogP contribution in [-0.2, 0) is 19.1 Å². The maximum atomic E-state index is 12.3. The van der Waals surface area contributed by atoms with Crippen LogP contribution >= 0.6 is 0 Å². The molecule has 0 aliphatic carbocycles. The van der Waals surface area contributed by atoms with Gasteiger partial charge in [0.05, 0.1) is 32.3 Å². The lowest BCUT2D eigenvalue weighted by atomic mass is 9.97. The van der Waals surface area contributed by atoms with Crippen LogP contribution in [0.3, 0.4) is 0 Å². The Balaban J connectivity index is 1.90. The number of hydrogen-bond donors (Lipinski definition) is 0. The summed E-state index contributed by atoms with van der Waals surface area (Å²) < 4.78 is 20.7. The first-order valence-electron chi connectivity index (χ1n) is 9.25. The van der Waals surface area contributed by atoms with E-state index >= 15 is 0 Å². The summed E-state index contributed by atoms with van der Waals surface area (Å²) in [5, 5.41) is 0. The number of carbonyl (C=O) groups excluding carboxylic acids is 3. The monoisotopic (exact) mass is 393 g/mol. The fourth-order valence-electron chi connectivity index (χ4n) is 3.13. The van der Waals surface area contributed by atoms with Gasteiger partial charge in [0.15, 0.2) is 6.61 Å². The number of rotatable bonds is 7. The second kappa shape index (κ2) is 9.96. The minimum Gasteiger partial charge on any atom is -0.496 e. The molecule has 1 saturated heterocycles. The molecule has 0 radical (unpaired) electrons. The van der Waals surface area contributed by atoms with Crippen molar-refractivity contribution in [2.75, 3.05) is 40.5 Å². The highest BCUT2D eigenvalue weighted by Crippen LogP contribution is 2.29. The average Bonchev–Trinajstić information content (AvgIpc) is 2.72. The fraction of sp³-hybridized carbons (Fsp3) is 0.550. The predicted molar refractivity (Wildman–Crippen MR) is 101 cm³/mol. The third-order valence-corrected chi connectivity index (χ3v) is 4.78. The summed E-state index contributed by atoms with van der Waals surface area (Å²) in [6, 6.07) is 3.10. The minimum absolute atomic E-state index is 0.181. The molecule has 0 atom stereocenters. The third kappa shape index (κ3) is 5.15. The van der Waals surface area contributed by atoms with Crippen molar-refractivity contribution < 1.29 is 33.3 Å². The topological polar surface area (TPSA) is 91.4 Å². The first-order chi connectivity index (χ1) is 13.4. The SMILES string of the molecule is CCOC(=O)C1CCN(C(=O)COC(=O)c2cc(OC)c(C)c(OC)c2)CC1. The molecule has 0 aromatic heterocycles. The van der Waals surface area contributed by atoms with Gasteiger partial charge in [-0.2, -0.15) is 0 Å². The summed E-state index contributed by atoms with van der Waals surface area (Å²) in [4.78, 5) is 38.0. The van der Waals surface area contributed by atoms with Crippen molar-refractivity contribution in [3.8, 4) is 11.5 Å². The Morgan fingerprint density at radius 3 is 2.11 bits per heavy atom. The summed E-state index contributed by atoms with van der Waals surface area (Å²) in [5.74, 6) is -0.326. The van der Waals surface area contributed by atoms with Crippen LogP contribution in [0.2, 0.25) is 0 Å². The van der Waals surface area contributed by atoms with E-state index in [1.807, 2.05) is 6.92 Å². The molecule has 1 heterocycles. The zero-order valence-corrected chi connectivity index (χ0v) is 16.8. The number of methoxy groups -OCH3 is 2. The Bertz CT molecular complexity index is 698. The van der Waals surface area contributed by atoms with Crippen molar-refractivity contribution in [2.45, 2.75) is 26.7 Å². The lowest BCUT2D eigenvalue weighted by molar-refractivity contribution is -0.151. The molecule has 1 aliphatic rings. The Hall–Kier alpha value is -2.77. The van der Waals surface area contributed by atoms with Gasteiger partial charge in [0.2, 0.25) is 0 Å². The molecule has 0 unspecified atom stereocenters. The summed E-state index contributed by atoms with van der Waals surface area (Å²) >= 11 is 0. The van der Waals surface area contributed by atoms with Crippen LogP contribution in [0, 0.1) is 12.8 Å². The summed E-state index contributed by atoms with van der Waals surface area (Å²) in [5.41, 5.74) is 1.01. The van der Waals surface area contributed by atoms with Crippen LogP contribution in [0.1, 0.15) is 35.7 Å². The number of esters is 2. The second-order valence-electron chi connectivity index (χ2n) is 6.49. The summed E-state index contributed by atoms with van der Waals surface area (Å²) in [6.07, 6.45) is 1.09. The van der Waals surface area contributed by atoms with Gasteiger partial charge in [-0.25, -0.2) is 4.79 Å². The number of benzene rings is 1. The van der Waals surface area contributed by atoms with Gasteiger partial charge in [-0.3, -0.25) is 9.59 Å². The number of piperidine rings is 1. The van der Waals surface area contributed by atoms with Crippen molar-refractivity contribution in [3.63, 3.8) is 0 Å². The maximum Gasteiger partial charge on any atom is 0.338 e. The molecule has 1 amide bonds. The van der Waals surface area contributed by atoms with Gasteiger partial charge < -0.3 is 23.8 Å². The molecular formula is C20H27NO7. The van der Waals surface area contributed by atoms with Crippen LogP contribution < -0.4 is 9.47 Å². The van der Waals surface area contributed by atoms with Crippen LogP contribution in [0.25, 0.3) is 0 Å². The van der Waals surface area contributed by atoms with Crippen molar-refractivity contribution in [3.05, 3.63) is 23.3 Å². The van der Waals surface area contributed by atoms with E-state index < -0.39 is 5.97 Å². The lowest BCUT2D eigenvalue weighted by Gasteiger charge is -2.30. The zero-order valence-electron chi connectivity index (χ0n) is 16.8. The molecule has 1 aromatic rings. The fourth-order valence-corrected chi connectivity index (χ4v) is 3.13. The normalized spacial score (nSPS) is 14.4. The van der Waals surface area contributed by atoms with Gasteiger partial charge in [-0.05, 0) is 38.8 Å². The van der Waals surface area contributed by atoms with E-state index in [4.69, 9.17) is 18.9 Å². The zero-order chi connectivity index (χ0) is 20.7. The van der Waals surface area contributed by atoms with E-state index in [0.717, 1.165) is 5.56 Å². The number of hydrogen-bond acceptors (Lipinski definition) is 7. The van der Waals surface area contributed by atoms with Crippen molar-refractivity contribution >= 4 is 17.8 Å². The van der Waals surface area contributed by atoms with Crippen molar-refractivity contribution in [2.24, 2.45) is 5.92 Å². The lowest BCUT2D eigenvalue weighted by Crippen LogP contribution is -2.42. The second-order valence-corrected chi connectivity index (χ2v) is 6.49. The average molecular weight is 393 g/mol. The summed E-state index contributed by atoms with van der Waals surface area (Å²) in [6.45, 7) is 4.45. The largest absolute Gasteiger partial charge is 0.496 e. The van der Waals surface area contributed by atoms with Crippen molar-refractivity contribution in [1.29, 1.82) is 0 Å². The van der Waals surface area contributed by atoms with Crippen molar-refractivity contribution in [1.82, 2.24) is 4.90 Å². The molecule has 8 nitrogen and oxygen atoms in total. The molecule has 0 N–H and O–H groups in total. The Kier molecular flexibility index (Phi) is 7.66. The van der Waals surface area contributed by atoms with Gasteiger partial charge in [-0.15, -0.1) is 0 Å². The number of carbonyl (C=O) groups is 3. The maximum absolute atomic E-state index is 12.3. The summed E-state index contributed by atoms with van der Waals surface area (Å²) in [7, 11) is 3.00. The van der Waals surface area contributed by atoms with E-state index in [2.05, 4.69) is 0 Å². The number of nitrogens with zero attached hydrogens (tertiary/aromatic N) is 1. The first-order valence-corrected chi connectivity index (χ1v) is 9.25. The minimum atomic E-state index is -0.633. The van der Waals surface area contributed by atoms with Crippen LogP contribution in [0.15, 0.2) is 12.1 Å². The van der Waals surface area contributed by atoms with E-state index in [9.17, 15) is 14.4 Å². The molecule has 28 heavy (non-hydrogen) atoms. The highest BCUT2D eigenvalue weighted by molar-refractivity contribution is 5.92. The molecule has 2 rings (SSSR count). The highest BCUT2D eigenvalue weighted by atomic mass is 16.5. The van der Waals surface area contributed by atoms with E-state index in [1.165, 1.54) is 14.2 Å². The predicted octanol–water partition coefficient (Wildman–Crippen LogP) is 1.97. The van der Waals surface area contributed by atoms with Gasteiger partial charge in [-0.1, -0.05) is 0 Å². The molecule has 0 saturated carbocycles. The molecule has 8 heteroatoms. The Morgan fingerprint density at radius 2 is 1.61 bits per heavy atom. The van der Waals surface area contributed by atoms with Crippen LogP contribution in [0.5, 0.6) is 11.5 Å². The molecule has 1 aromatic carbocycles. The highest BCUT2D eigenvalue weighted by Gasteiger charge is 2.28. The van der Waals surface area contributed by atoms with Gasteiger partial charge >= 0.3 is 11.9 Å². The third-order valence-electron chi connectivity index (χ3n) is 4.78. The molecule has 1 fully saturated rings. The molecule has 0 bridgehead atoms. The van der Waals surface area contributed by atoms with E-state index in [-0.39, 0.29) is 30.0 Å². The number of ether oxygens (including phenoxy) is 4. The quantitative estimate of drug-likeness (QED) is 0.654. The van der Waals surface area contributed by atoms with E-state index in [1.54, 1.807) is 24.0 Å². The molecular weight excluding hydrogens is 366 g/mol. The van der Waals surface area contributed by atoms with Gasteiger partial charge in [0, 0.05) is 18.7 Å².